The maximum atomic E-state index is 11.3. The second-order valence-corrected chi connectivity index (χ2v) is 4.42. The zero-order chi connectivity index (χ0) is 13.8. The van der Waals surface area contributed by atoms with Gasteiger partial charge in [0.2, 0.25) is 0 Å². The molecule has 1 unspecified atom stereocenters. The van der Waals surface area contributed by atoms with Gasteiger partial charge in [-0.05, 0) is 25.5 Å². The van der Waals surface area contributed by atoms with Crippen molar-refractivity contribution in [3.05, 3.63) is 30.2 Å². The van der Waals surface area contributed by atoms with E-state index in [1.54, 1.807) is 23.1 Å². The summed E-state index contributed by atoms with van der Waals surface area (Å²) in [6.07, 6.45) is 5.18. The van der Waals surface area contributed by atoms with Crippen LogP contribution in [0.4, 0.5) is 0 Å². The van der Waals surface area contributed by atoms with E-state index in [-0.39, 0.29) is 11.7 Å². The molecule has 0 spiro atoms. The highest BCUT2D eigenvalue weighted by Gasteiger charge is 2.22. The minimum atomic E-state index is -1.08. The van der Waals surface area contributed by atoms with Crippen molar-refractivity contribution in [2.45, 2.75) is 32.7 Å². The molecule has 0 aliphatic heterocycles. The van der Waals surface area contributed by atoms with Crippen LogP contribution >= 0.6 is 0 Å². The van der Waals surface area contributed by atoms with Crippen molar-refractivity contribution in [1.82, 2.24) is 20.0 Å². The minimum Gasteiger partial charge on any atom is -0.476 e. The number of carbonyl (C=O) groups is 1. The largest absolute Gasteiger partial charge is 0.476 e. The van der Waals surface area contributed by atoms with Crippen LogP contribution in [-0.2, 0) is 0 Å². The van der Waals surface area contributed by atoms with Crippen LogP contribution in [0, 0.1) is 0 Å². The number of pyridine rings is 1. The van der Waals surface area contributed by atoms with Gasteiger partial charge in [0.05, 0.1) is 6.04 Å². The maximum absolute atomic E-state index is 11.3. The summed E-state index contributed by atoms with van der Waals surface area (Å²) in [6.45, 7) is 4.08. The number of aromatic carboxylic acids is 1. The average Bonchev–Trinajstić information content (AvgIpc) is 2.85. The van der Waals surface area contributed by atoms with Gasteiger partial charge >= 0.3 is 5.97 Å². The van der Waals surface area contributed by atoms with Gasteiger partial charge in [0.25, 0.3) is 0 Å². The number of rotatable bonds is 5. The Kier molecular flexibility index (Phi) is 3.89. The van der Waals surface area contributed by atoms with E-state index in [4.69, 9.17) is 0 Å². The lowest BCUT2D eigenvalue weighted by Crippen LogP contribution is -2.10. The molecule has 2 aromatic heterocycles. The predicted molar refractivity (Wildman–Crippen MR) is 69.8 cm³/mol. The molecule has 0 fully saturated rings. The number of nitrogens with zero attached hydrogens (tertiary/aromatic N) is 4. The van der Waals surface area contributed by atoms with Crippen molar-refractivity contribution in [1.29, 1.82) is 0 Å². The molecule has 1 atom stereocenters. The number of hydrogen-bond donors (Lipinski definition) is 1. The Labute approximate surface area is 111 Å². The summed E-state index contributed by atoms with van der Waals surface area (Å²) in [5, 5.41) is 17.0. The molecule has 0 amide bonds. The fraction of sp³-hybridized carbons (Fsp3) is 0.385. The zero-order valence-corrected chi connectivity index (χ0v) is 10.9. The molecule has 19 heavy (non-hydrogen) atoms. The zero-order valence-electron chi connectivity index (χ0n) is 10.9. The lowest BCUT2D eigenvalue weighted by Gasteiger charge is -2.13. The van der Waals surface area contributed by atoms with E-state index in [0.29, 0.717) is 11.3 Å². The molecule has 100 valence electrons. The summed E-state index contributed by atoms with van der Waals surface area (Å²) in [4.78, 5) is 15.3. The van der Waals surface area contributed by atoms with E-state index in [1.807, 2.05) is 13.0 Å². The molecule has 2 rings (SSSR count). The number of carboxylic acids is 1. The summed E-state index contributed by atoms with van der Waals surface area (Å²) >= 11 is 0. The molecule has 2 aromatic rings. The van der Waals surface area contributed by atoms with Crippen LogP contribution in [0.25, 0.3) is 11.3 Å². The molecule has 0 aliphatic rings. The molecule has 0 aromatic carbocycles. The molecular weight excluding hydrogens is 244 g/mol. The summed E-state index contributed by atoms with van der Waals surface area (Å²) in [7, 11) is 0. The third kappa shape index (κ3) is 2.62. The van der Waals surface area contributed by atoms with Crippen molar-refractivity contribution in [2.75, 3.05) is 0 Å². The van der Waals surface area contributed by atoms with Crippen LogP contribution in [0.1, 0.15) is 43.2 Å². The van der Waals surface area contributed by atoms with Crippen molar-refractivity contribution in [2.24, 2.45) is 0 Å². The van der Waals surface area contributed by atoms with Gasteiger partial charge in [-0.15, -0.1) is 5.10 Å². The Morgan fingerprint density at radius 1 is 1.53 bits per heavy atom. The van der Waals surface area contributed by atoms with Gasteiger partial charge in [0.15, 0.2) is 5.69 Å². The van der Waals surface area contributed by atoms with E-state index in [9.17, 15) is 9.90 Å². The van der Waals surface area contributed by atoms with Crippen LogP contribution in [0.5, 0.6) is 0 Å². The molecule has 0 saturated heterocycles. The fourth-order valence-corrected chi connectivity index (χ4v) is 2.06. The Morgan fingerprint density at radius 3 is 2.89 bits per heavy atom. The van der Waals surface area contributed by atoms with Gasteiger partial charge in [0, 0.05) is 18.0 Å². The van der Waals surface area contributed by atoms with E-state index in [1.165, 1.54) is 0 Å². The van der Waals surface area contributed by atoms with E-state index in [0.717, 1.165) is 12.8 Å². The van der Waals surface area contributed by atoms with E-state index in [2.05, 4.69) is 22.2 Å². The van der Waals surface area contributed by atoms with Gasteiger partial charge in [-0.2, -0.15) is 0 Å². The summed E-state index contributed by atoms with van der Waals surface area (Å²) in [5.74, 6) is -1.08. The minimum absolute atomic E-state index is 0.0315. The van der Waals surface area contributed by atoms with Crippen molar-refractivity contribution >= 4 is 5.97 Å². The van der Waals surface area contributed by atoms with E-state index >= 15 is 0 Å². The molecule has 0 radical (unpaired) electrons. The second kappa shape index (κ2) is 5.60. The van der Waals surface area contributed by atoms with Crippen molar-refractivity contribution in [3.63, 3.8) is 0 Å². The lowest BCUT2D eigenvalue weighted by atomic mass is 10.1. The number of carboxylic acid groups (broad SMARTS) is 1. The smallest absolute Gasteiger partial charge is 0.358 e. The average molecular weight is 260 g/mol. The summed E-state index contributed by atoms with van der Waals surface area (Å²) < 4.78 is 1.67. The highest BCUT2D eigenvalue weighted by atomic mass is 16.4. The molecule has 0 bridgehead atoms. The topological polar surface area (TPSA) is 80.9 Å². The van der Waals surface area contributed by atoms with Gasteiger partial charge in [-0.3, -0.25) is 4.98 Å². The quantitative estimate of drug-likeness (QED) is 0.892. The van der Waals surface area contributed by atoms with Crippen LogP contribution in [0.2, 0.25) is 0 Å². The number of aromatic nitrogens is 4. The predicted octanol–water partition coefficient (Wildman–Crippen LogP) is 2.40. The Hall–Kier alpha value is -2.24. The SMILES string of the molecule is CCCC(C)n1nnc(C(=O)O)c1-c1cccnc1. The number of hydrogen-bond acceptors (Lipinski definition) is 4. The second-order valence-electron chi connectivity index (χ2n) is 4.42. The normalized spacial score (nSPS) is 12.3. The summed E-state index contributed by atoms with van der Waals surface area (Å²) in [5.41, 5.74) is 1.20. The fourth-order valence-electron chi connectivity index (χ4n) is 2.06. The first-order chi connectivity index (χ1) is 9.15. The third-order valence-electron chi connectivity index (χ3n) is 2.96. The van der Waals surface area contributed by atoms with Gasteiger partial charge < -0.3 is 5.11 Å². The van der Waals surface area contributed by atoms with Crippen LogP contribution in [-0.4, -0.2) is 31.1 Å². The lowest BCUT2D eigenvalue weighted by molar-refractivity contribution is 0.0691. The molecular formula is C13H16N4O2. The molecule has 6 nitrogen and oxygen atoms in total. The van der Waals surface area contributed by atoms with Gasteiger partial charge in [0.1, 0.15) is 5.69 Å². The van der Waals surface area contributed by atoms with Gasteiger partial charge in [-0.1, -0.05) is 18.6 Å². The monoisotopic (exact) mass is 260 g/mol. The highest BCUT2D eigenvalue weighted by molar-refractivity contribution is 5.92. The Bertz CT molecular complexity index is 565. The van der Waals surface area contributed by atoms with Gasteiger partial charge in [-0.25, -0.2) is 9.48 Å². The van der Waals surface area contributed by atoms with E-state index < -0.39 is 5.97 Å². The molecule has 1 N–H and O–H groups in total. The Balaban J connectivity index is 2.54. The maximum Gasteiger partial charge on any atom is 0.358 e. The third-order valence-corrected chi connectivity index (χ3v) is 2.96. The van der Waals surface area contributed by atoms with Crippen molar-refractivity contribution in [3.8, 4) is 11.3 Å². The standard InChI is InChI=1S/C13H16N4O2/c1-3-5-9(2)17-12(10-6-4-7-14-8-10)11(13(18)19)15-16-17/h4,6-9H,3,5H2,1-2H3,(H,18,19). The Morgan fingerprint density at radius 2 is 2.32 bits per heavy atom. The van der Waals surface area contributed by atoms with Crippen molar-refractivity contribution < 1.29 is 9.90 Å². The molecule has 0 saturated carbocycles. The van der Waals surface area contributed by atoms with Crippen LogP contribution in [0.15, 0.2) is 24.5 Å². The molecule has 0 aliphatic carbocycles. The summed E-state index contributed by atoms with van der Waals surface area (Å²) in [6, 6.07) is 3.68. The first-order valence-electron chi connectivity index (χ1n) is 6.24. The van der Waals surface area contributed by atoms with Crippen LogP contribution < -0.4 is 0 Å². The highest BCUT2D eigenvalue weighted by Crippen LogP contribution is 2.26. The molecule has 2 heterocycles. The first-order valence-corrected chi connectivity index (χ1v) is 6.24. The van der Waals surface area contributed by atoms with Crippen LogP contribution in [0.3, 0.4) is 0 Å². The first kappa shape index (κ1) is 13.2. The molecule has 6 heteroatoms.